The lowest BCUT2D eigenvalue weighted by Crippen LogP contribution is -2.65. The molecule has 0 bridgehead atoms. The number of fused-ring (bicyclic) bond motifs is 3. The predicted octanol–water partition coefficient (Wildman–Crippen LogP) is 0.514. The zero-order chi connectivity index (χ0) is 22.2. The van der Waals surface area contributed by atoms with Gasteiger partial charge in [-0.25, -0.2) is 9.69 Å². The van der Waals surface area contributed by atoms with Crippen LogP contribution >= 0.6 is 0 Å². The summed E-state index contributed by atoms with van der Waals surface area (Å²) in [6, 6.07) is 9.47. The van der Waals surface area contributed by atoms with E-state index in [-0.39, 0.29) is 11.9 Å². The molecule has 0 N–H and O–H groups in total. The van der Waals surface area contributed by atoms with Crippen LogP contribution in [0.5, 0.6) is 0 Å². The van der Waals surface area contributed by atoms with Crippen molar-refractivity contribution >= 4 is 23.7 Å². The Morgan fingerprint density at radius 1 is 1.12 bits per heavy atom. The number of hydrogen-bond donors (Lipinski definition) is 0. The van der Waals surface area contributed by atoms with Crippen molar-refractivity contribution < 1.29 is 18.9 Å². The monoisotopic (exact) mass is 439 g/mol. The average Bonchev–Trinajstić information content (AvgIpc) is 3.19. The minimum Gasteiger partial charge on any atom is -0.379 e. The summed E-state index contributed by atoms with van der Waals surface area (Å²) in [7, 11) is 1.73. The van der Waals surface area contributed by atoms with Gasteiger partial charge >= 0.3 is 12.0 Å². The SMILES string of the molecule is CC1CN2C(=[N+](Cc3ccccc3)C1)N=C1C2C(=O)N(CCN2CCOCC2)C(=O)N1C. The van der Waals surface area contributed by atoms with Crippen LogP contribution in [0.2, 0.25) is 0 Å². The summed E-state index contributed by atoms with van der Waals surface area (Å²) in [5.74, 6) is 1.57. The molecule has 2 unspecified atom stereocenters. The van der Waals surface area contributed by atoms with Crippen molar-refractivity contribution in [2.45, 2.75) is 19.5 Å². The van der Waals surface area contributed by atoms with Gasteiger partial charge in [0.2, 0.25) is 11.9 Å². The van der Waals surface area contributed by atoms with Crippen LogP contribution in [0.15, 0.2) is 35.3 Å². The Balaban J connectivity index is 1.40. The number of ether oxygens (including phenoxy) is 1. The zero-order valence-corrected chi connectivity index (χ0v) is 18.8. The molecule has 3 amide bonds. The highest BCUT2D eigenvalue weighted by molar-refractivity contribution is 6.25. The summed E-state index contributed by atoms with van der Waals surface area (Å²) in [6.07, 6.45) is 0. The summed E-state index contributed by atoms with van der Waals surface area (Å²) < 4.78 is 7.64. The number of likely N-dealkylation sites (N-methyl/N-ethyl adjacent to an activating group) is 1. The third-order valence-electron chi connectivity index (χ3n) is 6.67. The third-order valence-corrected chi connectivity index (χ3v) is 6.67. The first-order valence-corrected chi connectivity index (χ1v) is 11.4. The molecule has 9 heteroatoms. The quantitative estimate of drug-likeness (QED) is 0.626. The molecule has 4 aliphatic rings. The van der Waals surface area contributed by atoms with Gasteiger partial charge in [0.1, 0.15) is 0 Å². The van der Waals surface area contributed by atoms with Crippen LogP contribution in [0.1, 0.15) is 12.5 Å². The van der Waals surface area contributed by atoms with Crippen LogP contribution in [0.3, 0.4) is 0 Å². The lowest BCUT2D eigenvalue weighted by Gasteiger charge is -2.37. The number of urea groups is 1. The highest BCUT2D eigenvalue weighted by Crippen LogP contribution is 2.27. The first-order valence-electron chi connectivity index (χ1n) is 11.4. The van der Waals surface area contributed by atoms with E-state index < -0.39 is 6.04 Å². The predicted molar refractivity (Wildman–Crippen MR) is 120 cm³/mol. The Labute approximate surface area is 188 Å². The molecule has 4 aliphatic heterocycles. The van der Waals surface area contributed by atoms with Gasteiger partial charge in [0.05, 0.1) is 32.8 Å². The molecule has 2 fully saturated rings. The molecule has 32 heavy (non-hydrogen) atoms. The number of amides is 3. The second kappa shape index (κ2) is 8.63. The summed E-state index contributed by atoms with van der Waals surface area (Å²) in [4.78, 5) is 38.7. The maximum absolute atomic E-state index is 13.5. The van der Waals surface area contributed by atoms with Crippen LogP contribution in [-0.2, 0) is 16.1 Å². The normalized spacial score (nSPS) is 26.4. The van der Waals surface area contributed by atoms with Gasteiger partial charge in [0.25, 0.3) is 5.91 Å². The Hall–Kier alpha value is -2.78. The van der Waals surface area contributed by atoms with Gasteiger partial charge in [-0.2, -0.15) is 0 Å². The fourth-order valence-electron chi connectivity index (χ4n) is 5.01. The molecule has 0 spiro atoms. The Bertz CT molecular complexity index is 956. The molecular weight excluding hydrogens is 408 g/mol. The number of carbonyl (C=O) groups is 2. The van der Waals surface area contributed by atoms with E-state index in [4.69, 9.17) is 9.73 Å². The number of rotatable bonds is 5. The summed E-state index contributed by atoms with van der Waals surface area (Å²) in [5.41, 5.74) is 1.20. The number of aliphatic imine (C=N–C) groups is 1. The van der Waals surface area contributed by atoms with E-state index >= 15 is 0 Å². The number of guanidine groups is 1. The number of amidine groups is 1. The fraction of sp³-hybridized carbons (Fsp3) is 0.565. The number of carbonyl (C=O) groups excluding carboxylic acids is 2. The molecule has 0 saturated carbocycles. The lowest BCUT2D eigenvalue weighted by atomic mass is 10.1. The third kappa shape index (κ3) is 3.80. The van der Waals surface area contributed by atoms with Crippen molar-refractivity contribution in [3.63, 3.8) is 0 Å². The van der Waals surface area contributed by atoms with E-state index in [0.29, 0.717) is 38.1 Å². The van der Waals surface area contributed by atoms with Crippen LogP contribution in [-0.4, -0.2) is 113 Å². The molecule has 0 aliphatic carbocycles. The smallest absolute Gasteiger partial charge is 0.379 e. The van der Waals surface area contributed by atoms with E-state index in [9.17, 15) is 9.59 Å². The minimum absolute atomic E-state index is 0.163. The molecule has 1 aromatic rings. The second-order valence-electron chi connectivity index (χ2n) is 9.08. The van der Waals surface area contributed by atoms with Gasteiger partial charge in [-0.3, -0.25) is 24.1 Å². The van der Waals surface area contributed by atoms with E-state index in [1.54, 1.807) is 11.9 Å². The minimum atomic E-state index is -0.529. The van der Waals surface area contributed by atoms with E-state index in [2.05, 4.69) is 33.4 Å². The molecule has 4 heterocycles. The molecule has 2 atom stereocenters. The van der Waals surface area contributed by atoms with Crippen LogP contribution in [0, 0.1) is 5.92 Å². The van der Waals surface area contributed by atoms with Crippen LogP contribution in [0.25, 0.3) is 0 Å². The van der Waals surface area contributed by atoms with Gasteiger partial charge in [0, 0.05) is 39.1 Å². The number of nitrogens with zero attached hydrogens (tertiary/aromatic N) is 6. The van der Waals surface area contributed by atoms with Crippen LogP contribution < -0.4 is 0 Å². The number of imide groups is 1. The number of hydrogen-bond acceptors (Lipinski definition) is 6. The van der Waals surface area contributed by atoms with Crippen molar-refractivity contribution in [2.24, 2.45) is 10.9 Å². The summed E-state index contributed by atoms with van der Waals surface area (Å²) >= 11 is 0. The molecule has 9 nitrogen and oxygen atoms in total. The van der Waals surface area contributed by atoms with Crippen LogP contribution in [0.4, 0.5) is 4.79 Å². The highest BCUT2D eigenvalue weighted by atomic mass is 16.5. The van der Waals surface area contributed by atoms with Gasteiger partial charge in [-0.15, -0.1) is 0 Å². The summed E-state index contributed by atoms with van der Waals surface area (Å²) in [5, 5.41) is 0. The largest absolute Gasteiger partial charge is 0.392 e. The van der Waals surface area contributed by atoms with E-state index in [1.165, 1.54) is 10.5 Å². The molecule has 5 rings (SSSR count). The average molecular weight is 440 g/mol. The van der Waals surface area contributed by atoms with Gasteiger partial charge in [-0.1, -0.05) is 42.2 Å². The molecule has 0 radical (unpaired) electrons. The van der Waals surface area contributed by atoms with Crippen molar-refractivity contribution in [1.29, 1.82) is 0 Å². The highest BCUT2D eigenvalue weighted by Gasteiger charge is 2.57. The van der Waals surface area contributed by atoms with Crippen molar-refractivity contribution in [1.82, 2.24) is 19.6 Å². The fourth-order valence-corrected chi connectivity index (χ4v) is 5.01. The molecule has 0 aromatic heterocycles. The number of morpholine rings is 1. The van der Waals surface area contributed by atoms with Crippen molar-refractivity contribution in [2.75, 3.05) is 59.5 Å². The Morgan fingerprint density at radius 3 is 2.62 bits per heavy atom. The first kappa shape index (κ1) is 21.1. The maximum Gasteiger partial charge on any atom is 0.392 e. The molecule has 2 saturated heterocycles. The Kier molecular flexibility index (Phi) is 5.69. The van der Waals surface area contributed by atoms with Gasteiger partial charge in [-0.05, 0) is 5.56 Å². The topological polar surface area (TPSA) is 71.7 Å². The van der Waals surface area contributed by atoms with Gasteiger partial charge < -0.3 is 4.74 Å². The van der Waals surface area contributed by atoms with E-state index in [1.807, 2.05) is 18.2 Å². The Morgan fingerprint density at radius 2 is 1.88 bits per heavy atom. The summed E-state index contributed by atoms with van der Waals surface area (Å²) in [6.45, 7) is 8.67. The zero-order valence-electron chi connectivity index (χ0n) is 18.8. The lowest BCUT2D eigenvalue weighted by molar-refractivity contribution is -0.561. The van der Waals surface area contributed by atoms with Crippen molar-refractivity contribution in [3.05, 3.63) is 35.9 Å². The second-order valence-corrected chi connectivity index (χ2v) is 9.08. The van der Waals surface area contributed by atoms with E-state index in [0.717, 1.165) is 38.7 Å². The maximum atomic E-state index is 13.5. The number of benzene rings is 1. The molecule has 170 valence electrons. The standard InChI is InChI=1S/C23H31N6O3/c1-17-14-27(16-18-6-4-3-5-7-18)22-24-20-19(29(22)15-17)21(30)28(23(31)25(20)2)9-8-26-10-12-32-13-11-26/h3-7,17,19H,8-16H2,1-2H3/q+1. The molecule has 1 aromatic carbocycles. The first-order chi connectivity index (χ1) is 15.5. The molecular formula is C23H31N6O3+. The van der Waals surface area contributed by atoms with Crippen molar-refractivity contribution in [3.8, 4) is 0 Å². The van der Waals surface area contributed by atoms with Gasteiger partial charge in [0.15, 0.2) is 0 Å².